The molecule has 8 heteroatoms. The van der Waals surface area contributed by atoms with Gasteiger partial charge in [0.25, 0.3) is 5.91 Å². The molecule has 3 aromatic carbocycles. The van der Waals surface area contributed by atoms with E-state index in [1.165, 1.54) is 38.4 Å². The van der Waals surface area contributed by atoms with Gasteiger partial charge in [0, 0.05) is 12.1 Å². The normalized spacial score (nSPS) is 17.2. The lowest BCUT2D eigenvalue weighted by Crippen LogP contribution is -2.44. The Kier molecular flexibility index (Phi) is 6.40. The lowest BCUT2D eigenvalue weighted by Gasteiger charge is -2.41. The fraction of sp³-hybridized carbons (Fsp3) is 0.231. The predicted octanol–water partition coefficient (Wildman–Crippen LogP) is 4.42. The maximum atomic E-state index is 13.6. The van der Waals surface area contributed by atoms with Gasteiger partial charge >= 0.3 is 5.97 Å². The van der Waals surface area contributed by atoms with Gasteiger partial charge in [0.1, 0.15) is 11.7 Å². The van der Waals surface area contributed by atoms with Crippen molar-refractivity contribution in [3.63, 3.8) is 0 Å². The van der Waals surface area contributed by atoms with Crippen LogP contribution in [0.15, 0.2) is 60.7 Å². The molecule has 0 unspecified atom stereocenters. The topological polar surface area (TPSA) is 85.3 Å². The van der Waals surface area contributed by atoms with Gasteiger partial charge in [-0.25, -0.2) is 4.39 Å². The molecule has 0 radical (unpaired) electrons. The number of fused-ring (bicyclic) bond motifs is 1. The Morgan fingerprint density at radius 2 is 1.59 bits per heavy atom. The van der Waals surface area contributed by atoms with Crippen molar-refractivity contribution >= 4 is 11.9 Å². The molecule has 4 rings (SSSR count). The van der Waals surface area contributed by atoms with E-state index in [0.29, 0.717) is 39.5 Å². The number of amides is 1. The first-order valence-corrected chi connectivity index (χ1v) is 10.6. The van der Waals surface area contributed by atoms with Crippen molar-refractivity contribution in [3.05, 3.63) is 88.7 Å². The monoisotopic (exact) mass is 465 g/mol. The molecule has 2 atom stereocenters. The molecule has 0 spiro atoms. The van der Waals surface area contributed by atoms with E-state index in [2.05, 4.69) is 0 Å². The average Bonchev–Trinajstić information content (AvgIpc) is 2.85. The summed E-state index contributed by atoms with van der Waals surface area (Å²) in [6, 6.07) is 14.9. The maximum Gasteiger partial charge on any atom is 0.313 e. The van der Waals surface area contributed by atoms with E-state index < -0.39 is 23.7 Å². The molecule has 1 aliphatic rings. The number of rotatable bonds is 7. The van der Waals surface area contributed by atoms with E-state index in [4.69, 9.17) is 14.2 Å². The Labute approximate surface area is 196 Å². The van der Waals surface area contributed by atoms with Gasteiger partial charge in [0.15, 0.2) is 11.5 Å². The van der Waals surface area contributed by atoms with Gasteiger partial charge in [-0.05, 0) is 47.0 Å². The third-order valence-electron chi connectivity index (χ3n) is 6.00. The highest BCUT2D eigenvalue weighted by Crippen LogP contribution is 2.47. The van der Waals surface area contributed by atoms with Crippen molar-refractivity contribution in [2.24, 2.45) is 0 Å². The molecule has 176 valence electrons. The standard InChI is InChI=1S/C26H24FNO6/c1-32-20-12-16(13-21(33-2)24(20)34-3)23-22(26(30)31)18-6-4-5-7-19(18)25(29)28(23)14-15-8-10-17(27)11-9-15/h4-13,22-23H,14H2,1-3H3,(H,30,31)/t22-,23+/m1/s1. The molecule has 0 bridgehead atoms. The summed E-state index contributed by atoms with van der Waals surface area (Å²) < 4.78 is 29.8. The van der Waals surface area contributed by atoms with E-state index in [1.54, 1.807) is 48.5 Å². The van der Waals surface area contributed by atoms with Crippen molar-refractivity contribution in [2.75, 3.05) is 21.3 Å². The van der Waals surface area contributed by atoms with Crippen molar-refractivity contribution in [1.82, 2.24) is 4.90 Å². The summed E-state index contributed by atoms with van der Waals surface area (Å²) in [7, 11) is 4.40. The quantitative estimate of drug-likeness (QED) is 0.556. The minimum atomic E-state index is -1.08. The Hall–Kier alpha value is -4.07. The molecule has 1 aliphatic heterocycles. The third kappa shape index (κ3) is 4.03. The number of ether oxygens (including phenoxy) is 3. The van der Waals surface area contributed by atoms with Crippen LogP contribution in [0.25, 0.3) is 0 Å². The van der Waals surface area contributed by atoms with Crippen LogP contribution >= 0.6 is 0 Å². The first kappa shape index (κ1) is 23.1. The van der Waals surface area contributed by atoms with E-state index in [1.807, 2.05) is 0 Å². The third-order valence-corrected chi connectivity index (χ3v) is 6.00. The van der Waals surface area contributed by atoms with Gasteiger partial charge in [-0.15, -0.1) is 0 Å². The maximum absolute atomic E-state index is 13.6. The fourth-order valence-corrected chi connectivity index (χ4v) is 4.46. The van der Waals surface area contributed by atoms with Crippen LogP contribution < -0.4 is 14.2 Å². The number of methoxy groups -OCH3 is 3. The number of benzene rings is 3. The molecule has 0 fully saturated rings. The van der Waals surface area contributed by atoms with E-state index >= 15 is 0 Å². The number of hydrogen-bond acceptors (Lipinski definition) is 5. The Morgan fingerprint density at radius 3 is 2.15 bits per heavy atom. The van der Waals surface area contributed by atoms with Gasteiger partial charge in [-0.1, -0.05) is 30.3 Å². The predicted molar refractivity (Wildman–Crippen MR) is 122 cm³/mol. The first-order chi connectivity index (χ1) is 16.4. The number of carbonyl (C=O) groups excluding carboxylic acids is 1. The minimum absolute atomic E-state index is 0.0819. The SMILES string of the molecule is COc1cc([C@H]2[C@H](C(=O)O)c3ccccc3C(=O)N2Cc2ccc(F)cc2)cc(OC)c1OC. The van der Waals surface area contributed by atoms with Crippen LogP contribution in [0.4, 0.5) is 4.39 Å². The molecule has 7 nitrogen and oxygen atoms in total. The van der Waals surface area contributed by atoms with Crippen molar-refractivity contribution < 1.29 is 33.3 Å². The molecule has 34 heavy (non-hydrogen) atoms. The summed E-state index contributed by atoms with van der Waals surface area (Å²) in [4.78, 5) is 27.7. The fourth-order valence-electron chi connectivity index (χ4n) is 4.46. The zero-order valence-electron chi connectivity index (χ0n) is 18.9. The summed E-state index contributed by atoms with van der Waals surface area (Å²) >= 11 is 0. The summed E-state index contributed by atoms with van der Waals surface area (Å²) in [6.07, 6.45) is 0. The molecule has 0 aromatic heterocycles. The molecule has 1 amide bonds. The number of carbonyl (C=O) groups is 2. The van der Waals surface area contributed by atoms with Gasteiger partial charge in [0.05, 0.1) is 27.4 Å². The summed E-state index contributed by atoms with van der Waals surface area (Å²) in [5, 5.41) is 10.3. The van der Waals surface area contributed by atoms with Gasteiger partial charge in [-0.3, -0.25) is 9.59 Å². The van der Waals surface area contributed by atoms with Gasteiger partial charge in [-0.2, -0.15) is 0 Å². The van der Waals surface area contributed by atoms with Gasteiger partial charge < -0.3 is 24.2 Å². The number of carboxylic acid groups (broad SMARTS) is 1. The molecule has 1 heterocycles. The molecule has 0 aliphatic carbocycles. The largest absolute Gasteiger partial charge is 0.493 e. The summed E-state index contributed by atoms with van der Waals surface area (Å²) in [5.41, 5.74) is 1.91. The molecular weight excluding hydrogens is 441 g/mol. The Morgan fingerprint density at radius 1 is 0.971 bits per heavy atom. The molecule has 3 aromatic rings. The zero-order valence-corrected chi connectivity index (χ0v) is 18.9. The molecule has 0 saturated heterocycles. The first-order valence-electron chi connectivity index (χ1n) is 10.6. The van der Waals surface area contributed by atoms with Crippen LogP contribution in [0.3, 0.4) is 0 Å². The number of aliphatic carboxylic acids is 1. The Bertz CT molecular complexity index is 1200. The second kappa shape index (κ2) is 9.43. The number of carboxylic acids is 1. The second-order valence-corrected chi connectivity index (χ2v) is 7.87. The van der Waals surface area contributed by atoms with Crippen LogP contribution in [0.1, 0.15) is 39.0 Å². The number of hydrogen-bond donors (Lipinski definition) is 1. The summed E-state index contributed by atoms with van der Waals surface area (Å²) in [6.45, 7) is 0.0819. The highest BCUT2D eigenvalue weighted by atomic mass is 19.1. The minimum Gasteiger partial charge on any atom is -0.493 e. The van der Waals surface area contributed by atoms with Crippen LogP contribution in [0.2, 0.25) is 0 Å². The highest BCUT2D eigenvalue weighted by Gasteiger charge is 2.44. The lowest BCUT2D eigenvalue weighted by atomic mass is 9.79. The smallest absolute Gasteiger partial charge is 0.313 e. The van der Waals surface area contributed by atoms with Crippen LogP contribution in [-0.4, -0.2) is 43.2 Å². The molecule has 1 N–H and O–H groups in total. The van der Waals surface area contributed by atoms with Gasteiger partial charge in [0.2, 0.25) is 5.75 Å². The van der Waals surface area contributed by atoms with E-state index in [-0.39, 0.29) is 12.5 Å². The second-order valence-electron chi connectivity index (χ2n) is 7.87. The Balaban J connectivity index is 1.94. The number of halogens is 1. The molecule has 0 saturated carbocycles. The summed E-state index contributed by atoms with van der Waals surface area (Å²) in [5.74, 6) is -1.82. The van der Waals surface area contributed by atoms with E-state index in [0.717, 1.165) is 0 Å². The highest BCUT2D eigenvalue weighted by molar-refractivity contribution is 6.00. The van der Waals surface area contributed by atoms with Crippen LogP contribution in [0.5, 0.6) is 17.2 Å². The van der Waals surface area contributed by atoms with Crippen molar-refractivity contribution in [1.29, 1.82) is 0 Å². The van der Waals surface area contributed by atoms with Crippen molar-refractivity contribution in [3.8, 4) is 17.2 Å². The van der Waals surface area contributed by atoms with E-state index in [9.17, 15) is 19.1 Å². The average molecular weight is 465 g/mol. The van der Waals surface area contributed by atoms with Crippen LogP contribution in [0, 0.1) is 5.82 Å². The zero-order chi connectivity index (χ0) is 24.4. The molecular formula is C26H24FNO6. The van der Waals surface area contributed by atoms with Crippen LogP contribution in [-0.2, 0) is 11.3 Å². The van der Waals surface area contributed by atoms with Crippen molar-refractivity contribution in [2.45, 2.75) is 18.5 Å². The number of nitrogens with zero attached hydrogens (tertiary/aromatic N) is 1. The lowest BCUT2D eigenvalue weighted by molar-refractivity contribution is -0.140.